The summed E-state index contributed by atoms with van der Waals surface area (Å²) in [5, 5.41) is 10.4. The molecule has 0 saturated carbocycles. The van der Waals surface area contributed by atoms with E-state index < -0.39 is 17.5 Å². The molecule has 0 aliphatic carbocycles. The van der Waals surface area contributed by atoms with Gasteiger partial charge in [0.1, 0.15) is 23.1 Å². The van der Waals surface area contributed by atoms with Gasteiger partial charge in [-0.2, -0.15) is 0 Å². The number of carbonyl (C=O) groups is 1. The van der Waals surface area contributed by atoms with Crippen molar-refractivity contribution < 1.29 is 18.0 Å². The number of nitrogens with one attached hydrogen (secondary N) is 1. The summed E-state index contributed by atoms with van der Waals surface area (Å²) >= 11 is 0. The minimum absolute atomic E-state index is 0.0678. The number of hydrogen-bond donors (Lipinski definition) is 1. The number of anilines is 1. The molecule has 30 heavy (non-hydrogen) atoms. The number of carbonyl (C=O) groups excluding carboxylic acids is 1. The van der Waals surface area contributed by atoms with E-state index in [-0.39, 0.29) is 17.2 Å². The van der Waals surface area contributed by atoms with E-state index in [2.05, 4.69) is 20.6 Å². The molecular formula is C21H14F3N5O. The molecule has 2 aromatic carbocycles. The predicted octanol–water partition coefficient (Wildman–Crippen LogP) is 4.31. The number of nitrogens with zero attached hydrogens (tertiary/aromatic N) is 4. The van der Waals surface area contributed by atoms with Crippen LogP contribution in [0.5, 0.6) is 0 Å². The van der Waals surface area contributed by atoms with Gasteiger partial charge in [-0.25, -0.2) is 17.9 Å². The number of aromatic nitrogens is 4. The quantitative estimate of drug-likeness (QED) is 0.545. The molecule has 0 bridgehead atoms. The number of benzene rings is 2. The van der Waals surface area contributed by atoms with Crippen LogP contribution in [0, 0.1) is 24.4 Å². The predicted molar refractivity (Wildman–Crippen MR) is 104 cm³/mol. The topological polar surface area (TPSA) is 72.7 Å². The van der Waals surface area contributed by atoms with Gasteiger partial charge >= 0.3 is 0 Å². The Morgan fingerprint density at radius 2 is 1.80 bits per heavy atom. The first-order chi connectivity index (χ1) is 14.4. The molecule has 0 fully saturated rings. The molecule has 0 unspecified atom stereocenters. The van der Waals surface area contributed by atoms with Gasteiger partial charge in [-0.15, -0.1) is 5.10 Å². The summed E-state index contributed by atoms with van der Waals surface area (Å²) in [7, 11) is 0. The second-order valence-corrected chi connectivity index (χ2v) is 6.49. The SMILES string of the molecule is Cc1cc(-n2nnc(C(=O)Nc3cc(F)cc(F)c3)c2-c2cccnc2)ccc1F. The van der Waals surface area contributed by atoms with Gasteiger partial charge in [-0.05, 0) is 55.0 Å². The Labute approximate surface area is 169 Å². The molecule has 2 aromatic heterocycles. The van der Waals surface area contributed by atoms with Gasteiger partial charge in [0.05, 0.1) is 5.69 Å². The van der Waals surface area contributed by atoms with E-state index in [1.54, 1.807) is 31.3 Å². The summed E-state index contributed by atoms with van der Waals surface area (Å²) in [6.45, 7) is 1.60. The summed E-state index contributed by atoms with van der Waals surface area (Å²) in [5.41, 5.74) is 1.54. The molecule has 0 atom stereocenters. The van der Waals surface area contributed by atoms with Gasteiger partial charge in [-0.1, -0.05) is 5.21 Å². The highest BCUT2D eigenvalue weighted by Crippen LogP contribution is 2.26. The average molecular weight is 409 g/mol. The first-order valence-corrected chi connectivity index (χ1v) is 8.82. The van der Waals surface area contributed by atoms with Crippen molar-refractivity contribution in [2.45, 2.75) is 6.92 Å². The smallest absolute Gasteiger partial charge is 0.278 e. The lowest BCUT2D eigenvalue weighted by Gasteiger charge is -2.10. The fraction of sp³-hybridized carbons (Fsp3) is 0.0476. The Morgan fingerprint density at radius 1 is 1.03 bits per heavy atom. The fourth-order valence-corrected chi connectivity index (χ4v) is 2.95. The van der Waals surface area contributed by atoms with Gasteiger partial charge in [0.15, 0.2) is 5.69 Å². The van der Waals surface area contributed by atoms with Crippen molar-refractivity contribution in [1.29, 1.82) is 0 Å². The first kappa shape index (κ1) is 19.3. The molecular weight excluding hydrogens is 395 g/mol. The normalized spacial score (nSPS) is 10.8. The molecule has 0 saturated heterocycles. The maximum atomic E-state index is 13.7. The molecule has 0 aliphatic heterocycles. The van der Waals surface area contributed by atoms with Crippen LogP contribution in [0.4, 0.5) is 18.9 Å². The molecule has 9 heteroatoms. The number of pyridine rings is 1. The largest absolute Gasteiger partial charge is 0.320 e. The molecule has 1 N–H and O–H groups in total. The van der Waals surface area contributed by atoms with Crippen molar-refractivity contribution in [3.05, 3.63) is 89.6 Å². The van der Waals surface area contributed by atoms with Gasteiger partial charge in [-0.3, -0.25) is 9.78 Å². The highest BCUT2D eigenvalue weighted by atomic mass is 19.1. The van der Waals surface area contributed by atoms with E-state index >= 15 is 0 Å². The lowest BCUT2D eigenvalue weighted by atomic mass is 10.1. The van der Waals surface area contributed by atoms with E-state index in [1.165, 1.54) is 23.0 Å². The molecule has 4 rings (SSSR count). The third-order valence-corrected chi connectivity index (χ3v) is 4.33. The Kier molecular flexibility index (Phi) is 5.01. The van der Waals surface area contributed by atoms with Gasteiger partial charge in [0, 0.05) is 29.7 Å². The van der Waals surface area contributed by atoms with E-state index in [9.17, 15) is 18.0 Å². The van der Waals surface area contributed by atoms with E-state index in [4.69, 9.17) is 0 Å². The highest BCUT2D eigenvalue weighted by Gasteiger charge is 2.23. The van der Waals surface area contributed by atoms with Crippen LogP contribution in [0.1, 0.15) is 16.1 Å². The van der Waals surface area contributed by atoms with E-state index in [1.807, 2.05) is 0 Å². The summed E-state index contributed by atoms with van der Waals surface area (Å²) in [6, 6.07) is 10.4. The number of halogens is 3. The molecule has 6 nitrogen and oxygen atoms in total. The summed E-state index contributed by atoms with van der Waals surface area (Å²) < 4.78 is 42.0. The zero-order valence-electron chi connectivity index (χ0n) is 15.6. The third-order valence-electron chi connectivity index (χ3n) is 4.33. The maximum absolute atomic E-state index is 13.7. The summed E-state index contributed by atoms with van der Waals surface area (Å²) in [6.07, 6.45) is 3.08. The molecule has 4 aromatic rings. The second kappa shape index (κ2) is 7.78. The Hall–Kier alpha value is -4.01. The van der Waals surface area contributed by atoms with E-state index in [0.29, 0.717) is 28.6 Å². The summed E-state index contributed by atoms with van der Waals surface area (Å²) in [5.74, 6) is -2.76. The Balaban J connectivity index is 1.81. The lowest BCUT2D eigenvalue weighted by molar-refractivity contribution is 0.102. The zero-order chi connectivity index (χ0) is 21.3. The third kappa shape index (κ3) is 3.77. The Morgan fingerprint density at radius 3 is 2.47 bits per heavy atom. The van der Waals surface area contributed by atoms with Crippen LogP contribution < -0.4 is 5.32 Å². The van der Waals surface area contributed by atoms with Crippen LogP contribution in [0.15, 0.2) is 60.9 Å². The van der Waals surface area contributed by atoms with Crippen LogP contribution >= 0.6 is 0 Å². The monoisotopic (exact) mass is 409 g/mol. The maximum Gasteiger partial charge on any atom is 0.278 e. The van der Waals surface area contributed by atoms with Crippen molar-refractivity contribution in [2.75, 3.05) is 5.32 Å². The first-order valence-electron chi connectivity index (χ1n) is 8.82. The van der Waals surface area contributed by atoms with Gasteiger partial charge in [0.2, 0.25) is 0 Å². The Bertz CT molecular complexity index is 1220. The van der Waals surface area contributed by atoms with Crippen molar-refractivity contribution in [3.8, 4) is 16.9 Å². The van der Waals surface area contributed by atoms with E-state index in [0.717, 1.165) is 12.1 Å². The van der Waals surface area contributed by atoms with Gasteiger partial charge < -0.3 is 5.32 Å². The molecule has 0 spiro atoms. The van der Waals surface area contributed by atoms with Crippen molar-refractivity contribution >= 4 is 11.6 Å². The van der Waals surface area contributed by atoms with Crippen LogP contribution in [0.3, 0.4) is 0 Å². The minimum atomic E-state index is -0.830. The molecule has 0 radical (unpaired) electrons. The number of rotatable bonds is 4. The number of hydrogen-bond acceptors (Lipinski definition) is 4. The highest BCUT2D eigenvalue weighted by molar-refractivity contribution is 6.06. The number of amides is 1. The second-order valence-electron chi connectivity index (χ2n) is 6.49. The zero-order valence-corrected chi connectivity index (χ0v) is 15.6. The number of aryl methyl sites for hydroxylation is 1. The van der Waals surface area contributed by atoms with Crippen molar-refractivity contribution in [1.82, 2.24) is 20.0 Å². The molecule has 150 valence electrons. The van der Waals surface area contributed by atoms with Crippen LogP contribution in [0.25, 0.3) is 16.9 Å². The van der Waals surface area contributed by atoms with Crippen LogP contribution in [0.2, 0.25) is 0 Å². The standard InChI is InChI=1S/C21H14F3N5O/c1-12-7-17(4-5-18(12)24)29-20(13-3-2-6-25-11-13)19(27-28-29)21(30)26-16-9-14(22)8-15(23)10-16/h2-11H,1H3,(H,26,30). The minimum Gasteiger partial charge on any atom is -0.320 e. The lowest BCUT2D eigenvalue weighted by Crippen LogP contribution is -2.14. The van der Waals surface area contributed by atoms with Crippen molar-refractivity contribution in [3.63, 3.8) is 0 Å². The fourth-order valence-electron chi connectivity index (χ4n) is 2.95. The molecule has 0 aliphatic rings. The van der Waals surface area contributed by atoms with Crippen molar-refractivity contribution in [2.24, 2.45) is 0 Å². The molecule has 2 heterocycles. The molecule has 1 amide bonds. The van der Waals surface area contributed by atoms with Gasteiger partial charge in [0.25, 0.3) is 5.91 Å². The average Bonchev–Trinajstić information content (AvgIpc) is 3.15. The summed E-state index contributed by atoms with van der Waals surface area (Å²) in [4.78, 5) is 16.9. The van der Waals surface area contributed by atoms with Crippen LogP contribution in [-0.4, -0.2) is 25.9 Å². The van der Waals surface area contributed by atoms with Crippen LogP contribution in [-0.2, 0) is 0 Å².